The van der Waals surface area contributed by atoms with Crippen molar-refractivity contribution in [1.82, 2.24) is 9.78 Å². The first-order valence-electron chi connectivity index (χ1n) is 8.92. The number of hydrogen-bond acceptors (Lipinski definition) is 4. The van der Waals surface area contributed by atoms with Crippen LogP contribution in [0.2, 0.25) is 0 Å². The largest absolute Gasteiger partial charge is 0.322 e. The average molecular weight is 378 g/mol. The highest BCUT2D eigenvalue weighted by Crippen LogP contribution is 2.23. The summed E-state index contributed by atoms with van der Waals surface area (Å²) in [5, 5.41) is 18.3. The van der Waals surface area contributed by atoms with Crippen LogP contribution < -0.4 is 5.32 Å². The molecule has 0 spiro atoms. The van der Waals surface area contributed by atoms with Crippen LogP contribution in [-0.2, 0) is 6.54 Å². The number of carbonyl (C=O) groups excluding carboxylic acids is 1. The monoisotopic (exact) mass is 378 g/mol. The molecule has 28 heavy (non-hydrogen) atoms. The van der Waals surface area contributed by atoms with Crippen molar-refractivity contribution >= 4 is 17.3 Å². The van der Waals surface area contributed by atoms with E-state index >= 15 is 0 Å². The Labute approximate surface area is 163 Å². The van der Waals surface area contributed by atoms with E-state index in [0.717, 1.165) is 22.4 Å². The first-order chi connectivity index (χ1) is 13.3. The molecule has 1 amide bonds. The first kappa shape index (κ1) is 19.3. The smallest absolute Gasteiger partial charge is 0.312 e. The molecule has 0 fully saturated rings. The highest BCUT2D eigenvalue weighted by molar-refractivity contribution is 6.04. The number of carbonyl (C=O) groups is 1. The molecule has 2 aromatic carbocycles. The Hall–Kier alpha value is -3.48. The normalized spacial score (nSPS) is 10.7. The van der Waals surface area contributed by atoms with E-state index in [4.69, 9.17) is 0 Å². The Balaban J connectivity index is 1.75. The lowest BCUT2D eigenvalue weighted by Gasteiger charge is -2.10. The van der Waals surface area contributed by atoms with Gasteiger partial charge in [0.1, 0.15) is 11.4 Å². The minimum atomic E-state index is -0.408. The van der Waals surface area contributed by atoms with Crippen molar-refractivity contribution in [3.63, 3.8) is 0 Å². The maximum atomic E-state index is 12.5. The van der Waals surface area contributed by atoms with Gasteiger partial charge in [-0.2, -0.15) is 5.10 Å². The van der Waals surface area contributed by atoms with E-state index in [1.165, 1.54) is 0 Å². The summed E-state index contributed by atoms with van der Waals surface area (Å²) in [6.07, 6.45) is 0. The molecule has 0 saturated heterocycles. The van der Waals surface area contributed by atoms with Gasteiger partial charge in [-0.3, -0.25) is 19.6 Å². The number of hydrogen-bond donors (Lipinski definition) is 1. The van der Waals surface area contributed by atoms with Crippen LogP contribution >= 0.6 is 0 Å². The van der Waals surface area contributed by atoms with Crippen molar-refractivity contribution < 1.29 is 9.72 Å². The summed E-state index contributed by atoms with van der Waals surface area (Å²) in [5.41, 5.74) is 5.28. The number of nitrogens with zero attached hydrogens (tertiary/aromatic N) is 3. The molecular formula is C21H22N4O3. The molecule has 0 saturated carbocycles. The standard InChI is InChI=1S/C21H22N4O3/c1-13-5-6-14(2)19(11-13)22-21(26)18-9-7-17(8-10-18)12-24-16(4)20(25(27)28)15(3)23-24/h5-11H,12H2,1-4H3,(H,22,26). The zero-order valence-electron chi connectivity index (χ0n) is 16.3. The zero-order chi connectivity index (χ0) is 20.4. The summed E-state index contributed by atoms with van der Waals surface area (Å²) >= 11 is 0. The Morgan fingerprint density at radius 2 is 1.79 bits per heavy atom. The third kappa shape index (κ3) is 3.93. The van der Waals surface area contributed by atoms with Gasteiger partial charge in [0.2, 0.25) is 0 Å². The number of benzene rings is 2. The lowest BCUT2D eigenvalue weighted by atomic mass is 10.1. The van der Waals surface area contributed by atoms with Crippen molar-refractivity contribution in [1.29, 1.82) is 0 Å². The van der Waals surface area contributed by atoms with Gasteiger partial charge in [-0.25, -0.2) is 0 Å². The molecule has 1 heterocycles. The molecule has 0 atom stereocenters. The van der Waals surface area contributed by atoms with Gasteiger partial charge in [0.25, 0.3) is 5.91 Å². The molecule has 0 radical (unpaired) electrons. The van der Waals surface area contributed by atoms with Crippen molar-refractivity contribution in [2.24, 2.45) is 0 Å². The highest BCUT2D eigenvalue weighted by atomic mass is 16.6. The molecule has 1 N–H and O–H groups in total. The van der Waals surface area contributed by atoms with Gasteiger partial charge in [0, 0.05) is 11.3 Å². The van der Waals surface area contributed by atoms with Crippen LogP contribution in [0.4, 0.5) is 11.4 Å². The van der Waals surface area contributed by atoms with Gasteiger partial charge < -0.3 is 5.32 Å². The molecule has 0 aliphatic heterocycles. The second-order valence-electron chi connectivity index (χ2n) is 6.90. The Morgan fingerprint density at radius 3 is 2.39 bits per heavy atom. The molecule has 1 aromatic heterocycles. The van der Waals surface area contributed by atoms with E-state index in [9.17, 15) is 14.9 Å². The van der Waals surface area contributed by atoms with Gasteiger partial charge >= 0.3 is 5.69 Å². The maximum Gasteiger partial charge on any atom is 0.312 e. The first-order valence-corrected chi connectivity index (χ1v) is 8.92. The SMILES string of the molecule is Cc1ccc(C)c(NC(=O)c2ccc(Cn3nc(C)c([N+](=O)[O-])c3C)cc2)c1. The quantitative estimate of drug-likeness (QED) is 0.529. The van der Waals surface area contributed by atoms with Gasteiger partial charge in [-0.05, 0) is 62.6 Å². The van der Waals surface area contributed by atoms with Crippen LogP contribution in [0.15, 0.2) is 42.5 Å². The van der Waals surface area contributed by atoms with E-state index in [0.29, 0.717) is 23.5 Å². The number of anilines is 1. The summed E-state index contributed by atoms with van der Waals surface area (Å²) in [7, 11) is 0. The lowest BCUT2D eigenvalue weighted by molar-refractivity contribution is -0.386. The Bertz CT molecular complexity index is 1050. The Kier molecular flexibility index (Phi) is 5.26. The molecule has 7 nitrogen and oxygen atoms in total. The van der Waals surface area contributed by atoms with Gasteiger partial charge in [0.15, 0.2) is 0 Å². The van der Waals surface area contributed by atoms with E-state index < -0.39 is 4.92 Å². The summed E-state index contributed by atoms with van der Waals surface area (Å²) in [6, 6.07) is 13.1. The second-order valence-corrected chi connectivity index (χ2v) is 6.90. The van der Waals surface area contributed by atoms with E-state index in [-0.39, 0.29) is 11.6 Å². The maximum absolute atomic E-state index is 12.5. The third-order valence-electron chi connectivity index (χ3n) is 4.72. The molecule has 7 heteroatoms. The number of amides is 1. The van der Waals surface area contributed by atoms with Crippen molar-refractivity contribution in [2.75, 3.05) is 5.32 Å². The number of nitro groups is 1. The van der Waals surface area contributed by atoms with Crippen LogP contribution in [0, 0.1) is 37.8 Å². The molecule has 3 aromatic rings. The predicted octanol–water partition coefficient (Wildman–Crippen LogP) is 4.33. The predicted molar refractivity (Wildman–Crippen MR) is 108 cm³/mol. The summed E-state index contributed by atoms with van der Waals surface area (Å²) in [6.45, 7) is 7.64. The molecule has 0 bridgehead atoms. The molecule has 0 unspecified atom stereocenters. The second kappa shape index (κ2) is 7.64. The van der Waals surface area contributed by atoms with Gasteiger partial charge in [-0.1, -0.05) is 24.3 Å². The molecular weight excluding hydrogens is 356 g/mol. The minimum Gasteiger partial charge on any atom is -0.322 e. The van der Waals surface area contributed by atoms with Crippen LogP contribution in [0.25, 0.3) is 0 Å². The fraction of sp³-hybridized carbons (Fsp3) is 0.238. The molecule has 0 aliphatic carbocycles. The fourth-order valence-corrected chi connectivity index (χ4v) is 3.11. The van der Waals surface area contributed by atoms with Crippen LogP contribution in [0.1, 0.15) is 38.4 Å². The molecule has 3 rings (SSSR count). The van der Waals surface area contributed by atoms with E-state index in [2.05, 4.69) is 10.4 Å². The Morgan fingerprint density at radius 1 is 1.11 bits per heavy atom. The minimum absolute atomic E-state index is 0.0459. The van der Waals surface area contributed by atoms with Crippen molar-refractivity contribution in [2.45, 2.75) is 34.2 Å². The number of aromatic nitrogens is 2. The van der Waals surface area contributed by atoms with Crippen LogP contribution in [0.5, 0.6) is 0 Å². The van der Waals surface area contributed by atoms with Crippen molar-refractivity contribution in [3.8, 4) is 0 Å². The van der Waals surface area contributed by atoms with Gasteiger partial charge in [-0.15, -0.1) is 0 Å². The summed E-state index contributed by atoms with van der Waals surface area (Å²) in [5.74, 6) is -0.179. The topological polar surface area (TPSA) is 90.1 Å². The van der Waals surface area contributed by atoms with E-state index in [1.54, 1.807) is 30.7 Å². The van der Waals surface area contributed by atoms with E-state index in [1.807, 2.05) is 44.2 Å². The van der Waals surface area contributed by atoms with Crippen molar-refractivity contribution in [3.05, 3.63) is 86.2 Å². The molecule has 144 valence electrons. The number of aryl methyl sites for hydroxylation is 3. The summed E-state index contributed by atoms with van der Waals surface area (Å²) in [4.78, 5) is 23.2. The van der Waals surface area contributed by atoms with Gasteiger partial charge in [0.05, 0.1) is 11.5 Å². The average Bonchev–Trinajstić information content (AvgIpc) is 2.92. The zero-order valence-corrected chi connectivity index (χ0v) is 16.3. The fourth-order valence-electron chi connectivity index (χ4n) is 3.11. The highest BCUT2D eigenvalue weighted by Gasteiger charge is 2.21. The lowest BCUT2D eigenvalue weighted by Crippen LogP contribution is -2.13. The number of nitrogens with one attached hydrogen (secondary N) is 1. The number of rotatable bonds is 5. The third-order valence-corrected chi connectivity index (χ3v) is 4.72. The summed E-state index contributed by atoms with van der Waals surface area (Å²) < 4.78 is 1.61. The molecule has 0 aliphatic rings. The van der Waals surface area contributed by atoms with Crippen LogP contribution in [-0.4, -0.2) is 20.6 Å². The van der Waals surface area contributed by atoms with Crippen LogP contribution in [0.3, 0.4) is 0 Å².